The van der Waals surface area contributed by atoms with Crippen LogP contribution in [0.5, 0.6) is 0 Å². The van der Waals surface area contributed by atoms with Crippen molar-refractivity contribution in [2.75, 3.05) is 6.61 Å². The van der Waals surface area contributed by atoms with Crippen molar-refractivity contribution in [3.05, 3.63) is 0 Å². The van der Waals surface area contributed by atoms with Crippen LogP contribution in [0.25, 0.3) is 0 Å². The Kier molecular flexibility index (Phi) is 5.42. The van der Waals surface area contributed by atoms with Gasteiger partial charge >= 0.3 is 27.3 Å². The lowest BCUT2D eigenvalue weighted by atomic mass is 9.65. The van der Waals surface area contributed by atoms with E-state index in [1.807, 2.05) is 0 Å². The molecule has 2 N–H and O–H groups in total. The number of hydrogen-bond donors (Lipinski definition) is 2. The van der Waals surface area contributed by atoms with E-state index >= 15 is 0 Å². The molecule has 0 saturated heterocycles. The number of carbonyl (C=O) groups excluding carboxylic acids is 1. The highest BCUT2D eigenvalue weighted by Gasteiger charge is 2.72. The second kappa shape index (κ2) is 6.66. The normalized spacial score (nSPS) is 32.7. The fourth-order valence-electron chi connectivity index (χ4n) is 3.93. The van der Waals surface area contributed by atoms with Crippen molar-refractivity contribution in [2.45, 2.75) is 61.7 Å². The second-order valence-electron chi connectivity index (χ2n) is 6.99. The van der Waals surface area contributed by atoms with Crippen LogP contribution in [0.3, 0.4) is 0 Å². The number of esters is 1. The Hall–Kier alpha value is -0.940. The summed E-state index contributed by atoms with van der Waals surface area (Å²) < 4.78 is 85.6. The third-order valence-electron chi connectivity index (χ3n) is 5.01. The van der Waals surface area contributed by atoms with Gasteiger partial charge in [-0.3, -0.25) is 4.55 Å². The minimum absolute atomic E-state index is 0.231. The lowest BCUT2D eigenvalue weighted by Crippen LogP contribution is -2.55. The van der Waals surface area contributed by atoms with Gasteiger partial charge in [0.1, 0.15) is 0 Å². The van der Waals surface area contributed by atoms with E-state index in [9.17, 15) is 35.9 Å². The summed E-state index contributed by atoms with van der Waals surface area (Å²) in [6.45, 7) is -0.786. The molecule has 0 aromatic rings. The first-order valence-corrected chi connectivity index (χ1v) is 9.35. The molecule has 0 heterocycles. The van der Waals surface area contributed by atoms with E-state index in [-0.39, 0.29) is 18.3 Å². The Morgan fingerprint density at radius 1 is 1.16 bits per heavy atom. The Balaban J connectivity index is 1.99. The first-order chi connectivity index (χ1) is 11.3. The standard InChI is InChI=1S/C14H20F4O6S/c15-13(14(16,17)18,25(21,22)23)11(19)24-5-4-12(20)7-9-2-1-3-10(6-9)8-12/h9-10,20H,1-8H2,(H,21,22,23). The van der Waals surface area contributed by atoms with E-state index in [1.54, 1.807) is 0 Å². The summed E-state index contributed by atoms with van der Waals surface area (Å²) in [5, 5.41) is 4.99. The van der Waals surface area contributed by atoms with Crippen LogP contribution in [0.4, 0.5) is 17.6 Å². The summed E-state index contributed by atoms with van der Waals surface area (Å²) >= 11 is 0. The Morgan fingerprint density at radius 3 is 2.12 bits per heavy atom. The number of halogens is 4. The van der Waals surface area contributed by atoms with Crippen LogP contribution in [0.1, 0.15) is 44.9 Å². The summed E-state index contributed by atoms with van der Waals surface area (Å²) in [6, 6.07) is 0. The third kappa shape index (κ3) is 4.08. The molecule has 146 valence electrons. The van der Waals surface area contributed by atoms with Gasteiger partial charge in [0.15, 0.2) is 0 Å². The molecule has 0 amide bonds. The molecule has 2 rings (SSSR count). The molecule has 0 aromatic carbocycles. The molecular formula is C14H20F4O6S. The van der Waals surface area contributed by atoms with Gasteiger partial charge in [-0.25, -0.2) is 9.18 Å². The smallest absolute Gasteiger partial charge is 0.451 e. The molecule has 0 radical (unpaired) electrons. The van der Waals surface area contributed by atoms with Gasteiger partial charge in [-0.05, 0) is 31.1 Å². The number of aliphatic hydroxyl groups is 1. The fraction of sp³-hybridized carbons (Fsp3) is 0.929. The lowest BCUT2D eigenvalue weighted by Gasteiger charge is -2.44. The lowest BCUT2D eigenvalue weighted by molar-refractivity contribution is -0.215. The number of carbonyl (C=O) groups is 1. The highest BCUT2D eigenvalue weighted by Crippen LogP contribution is 2.46. The molecule has 2 bridgehead atoms. The van der Waals surface area contributed by atoms with Crippen molar-refractivity contribution in [1.29, 1.82) is 0 Å². The van der Waals surface area contributed by atoms with Crippen molar-refractivity contribution >= 4 is 16.1 Å². The molecular weight excluding hydrogens is 372 g/mol. The van der Waals surface area contributed by atoms with Gasteiger partial charge in [-0.15, -0.1) is 0 Å². The van der Waals surface area contributed by atoms with E-state index < -0.39 is 39.5 Å². The third-order valence-corrected chi connectivity index (χ3v) is 6.12. The molecule has 3 unspecified atom stereocenters. The quantitative estimate of drug-likeness (QED) is 0.423. The van der Waals surface area contributed by atoms with Crippen LogP contribution < -0.4 is 0 Å². The average molecular weight is 392 g/mol. The summed E-state index contributed by atoms with van der Waals surface area (Å²) in [5.41, 5.74) is -1.25. The number of fused-ring (bicyclic) bond motifs is 2. The molecule has 6 nitrogen and oxygen atoms in total. The van der Waals surface area contributed by atoms with Crippen LogP contribution in [-0.2, 0) is 19.6 Å². The number of rotatable bonds is 5. The molecule has 2 fully saturated rings. The molecule has 0 aliphatic heterocycles. The minimum atomic E-state index is -6.43. The topological polar surface area (TPSA) is 101 Å². The van der Waals surface area contributed by atoms with Crippen molar-refractivity contribution < 1.29 is 45.2 Å². The molecule has 0 aromatic heterocycles. The zero-order valence-electron chi connectivity index (χ0n) is 13.3. The van der Waals surface area contributed by atoms with Gasteiger partial charge in [0.25, 0.3) is 0 Å². The van der Waals surface area contributed by atoms with Crippen molar-refractivity contribution in [3.8, 4) is 0 Å². The predicted molar refractivity (Wildman–Crippen MR) is 76.7 cm³/mol. The predicted octanol–water partition coefficient (Wildman–Crippen LogP) is 2.37. The van der Waals surface area contributed by atoms with Crippen LogP contribution in [0, 0.1) is 11.8 Å². The molecule has 11 heteroatoms. The van der Waals surface area contributed by atoms with Gasteiger partial charge in [0, 0.05) is 6.42 Å². The highest BCUT2D eigenvalue weighted by atomic mass is 32.2. The maximum atomic E-state index is 13.7. The van der Waals surface area contributed by atoms with Gasteiger partial charge < -0.3 is 9.84 Å². The monoisotopic (exact) mass is 392 g/mol. The van der Waals surface area contributed by atoms with E-state index in [0.29, 0.717) is 12.8 Å². The summed E-state index contributed by atoms with van der Waals surface area (Å²) in [4.78, 5) is 11.4. The van der Waals surface area contributed by atoms with E-state index in [0.717, 1.165) is 25.7 Å². The zero-order valence-corrected chi connectivity index (χ0v) is 14.1. The van der Waals surface area contributed by atoms with Gasteiger partial charge in [-0.2, -0.15) is 21.6 Å². The minimum Gasteiger partial charge on any atom is -0.462 e. The van der Waals surface area contributed by atoms with Gasteiger partial charge in [0.2, 0.25) is 0 Å². The van der Waals surface area contributed by atoms with E-state index in [4.69, 9.17) is 4.55 Å². The summed E-state index contributed by atoms with van der Waals surface area (Å²) in [5.74, 6) is -2.20. The van der Waals surface area contributed by atoms with Crippen LogP contribution >= 0.6 is 0 Å². The zero-order chi connectivity index (χ0) is 19.1. The van der Waals surface area contributed by atoms with E-state index in [2.05, 4.69) is 4.74 Å². The molecule has 2 aliphatic rings. The molecule has 2 aliphatic carbocycles. The van der Waals surface area contributed by atoms with Gasteiger partial charge in [0.05, 0.1) is 12.2 Å². The second-order valence-corrected chi connectivity index (χ2v) is 8.50. The number of hydrogen-bond acceptors (Lipinski definition) is 5. The Labute approximate surface area is 142 Å². The number of ether oxygens (including phenoxy) is 1. The van der Waals surface area contributed by atoms with Crippen molar-refractivity contribution in [2.24, 2.45) is 11.8 Å². The van der Waals surface area contributed by atoms with Crippen molar-refractivity contribution in [3.63, 3.8) is 0 Å². The van der Waals surface area contributed by atoms with Crippen LogP contribution in [0.15, 0.2) is 0 Å². The maximum absolute atomic E-state index is 13.7. The van der Waals surface area contributed by atoms with Crippen LogP contribution in [0.2, 0.25) is 0 Å². The Morgan fingerprint density at radius 2 is 1.68 bits per heavy atom. The van der Waals surface area contributed by atoms with Crippen LogP contribution in [-0.4, -0.2) is 47.4 Å². The maximum Gasteiger partial charge on any atom is 0.451 e. The van der Waals surface area contributed by atoms with Crippen molar-refractivity contribution in [1.82, 2.24) is 0 Å². The molecule has 2 saturated carbocycles. The molecule has 3 atom stereocenters. The molecule has 0 spiro atoms. The number of alkyl halides is 4. The summed E-state index contributed by atoms with van der Waals surface area (Å²) in [7, 11) is -6.43. The SMILES string of the molecule is O=C(OCCC1(O)CC2CCCC(C2)C1)C(F)(C(F)(F)F)S(=O)(=O)O. The van der Waals surface area contributed by atoms with E-state index in [1.165, 1.54) is 0 Å². The largest absolute Gasteiger partial charge is 0.462 e. The average Bonchev–Trinajstić information content (AvgIpc) is 2.42. The Bertz CT molecular complexity index is 607. The summed E-state index contributed by atoms with van der Waals surface area (Å²) in [6.07, 6.45) is -1.75. The molecule has 25 heavy (non-hydrogen) atoms. The first kappa shape index (κ1) is 20.4. The highest BCUT2D eigenvalue weighted by molar-refractivity contribution is 7.88. The fourth-order valence-corrected chi connectivity index (χ4v) is 4.49. The van der Waals surface area contributed by atoms with Gasteiger partial charge in [-0.1, -0.05) is 19.3 Å². The first-order valence-electron chi connectivity index (χ1n) is 7.91.